The van der Waals surface area contributed by atoms with Gasteiger partial charge < -0.3 is 11.2 Å². The number of aromatic nitrogens is 3. The van der Waals surface area contributed by atoms with Crippen molar-refractivity contribution < 1.29 is 9.18 Å². The molecule has 0 aliphatic heterocycles. The van der Waals surface area contributed by atoms with Crippen LogP contribution in [0.2, 0.25) is 0 Å². The number of nitrogens with zero attached hydrogens (tertiary/aromatic N) is 3. The highest BCUT2D eigenvalue weighted by molar-refractivity contribution is 8.00. The van der Waals surface area contributed by atoms with Crippen LogP contribution in [0.1, 0.15) is 39.0 Å². The van der Waals surface area contributed by atoms with Crippen LogP contribution in [0.3, 0.4) is 0 Å². The van der Waals surface area contributed by atoms with Gasteiger partial charge in [-0.25, -0.2) is 9.07 Å². The van der Waals surface area contributed by atoms with E-state index in [1.54, 1.807) is 12.1 Å². The molecule has 1 saturated carbocycles. The molecule has 6 nitrogen and oxygen atoms in total. The van der Waals surface area contributed by atoms with Crippen LogP contribution >= 0.6 is 11.8 Å². The molecule has 1 aliphatic rings. The summed E-state index contributed by atoms with van der Waals surface area (Å²) in [5, 5.41) is 11.3. The van der Waals surface area contributed by atoms with E-state index in [0.717, 1.165) is 12.8 Å². The molecule has 1 fully saturated rings. The molecule has 1 aliphatic carbocycles. The van der Waals surface area contributed by atoms with Crippen molar-refractivity contribution in [1.82, 2.24) is 20.2 Å². The van der Waals surface area contributed by atoms with Gasteiger partial charge in [0.25, 0.3) is 0 Å². The minimum atomic E-state index is -0.325. The lowest BCUT2D eigenvalue weighted by Crippen LogP contribution is -2.40. The lowest BCUT2D eigenvalue weighted by atomic mass is 9.95. The number of nitrogens with one attached hydrogen (secondary N) is 1. The number of carbonyl (C=O) groups is 1. The Morgan fingerprint density at radius 1 is 1.28 bits per heavy atom. The highest BCUT2D eigenvalue weighted by atomic mass is 32.2. The van der Waals surface area contributed by atoms with Gasteiger partial charge in [0, 0.05) is 11.6 Å². The highest BCUT2D eigenvalue weighted by Crippen LogP contribution is 2.25. The molecule has 1 aromatic carbocycles. The maximum Gasteiger partial charge on any atom is 0.233 e. The van der Waals surface area contributed by atoms with Gasteiger partial charge in [-0.2, -0.15) is 0 Å². The molecule has 2 aromatic rings. The third-order valence-corrected chi connectivity index (χ3v) is 5.43. The van der Waals surface area contributed by atoms with Crippen molar-refractivity contribution in [3.05, 3.63) is 30.1 Å². The van der Waals surface area contributed by atoms with Crippen molar-refractivity contribution in [3.63, 3.8) is 0 Å². The van der Waals surface area contributed by atoms with E-state index in [1.165, 1.54) is 47.8 Å². The maximum atomic E-state index is 13.0. The molecule has 0 spiro atoms. The summed E-state index contributed by atoms with van der Waals surface area (Å²) in [5.41, 5.74) is 0.669. The lowest BCUT2D eigenvalue weighted by molar-refractivity contribution is -0.121. The first-order valence-electron chi connectivity index (χ1n) is 8.48. The highest BCUT2D eigenvalue weighted by Gasteiger charge is 2.23. The van der Waals surface area contributed by atoms with Crippen molar-refractivity contribution >= 4 is 17.7 Å². The lowest BCUT2D eigenvalue weighted by Gasteiger charge is -2.24. The van der Waals surface area contributed by atoms with E-state index >= 15 is 0 Å². The van der Waals surface area contributed by atoms with Crippen molar-refractivity contribution in [3.8, 4) is 11.4 Å². The fourth-order valence-corrected chi connectivity index (χ4v) is 3.71. The second-order valence-corrected chi connectivity index (χ2v) is 7.59. The molecule has 1 atom stereocenters. The van der Waals surface area contributed by atoms with Crippen molar-refractivity contribution in [2.75, 3.05) is 5.84 Å². The average Bonchev–Trinajstić information content (AvgIpc) is 2.97. The normalized spacial score (nSPS) is 16.6. The number of thioether (sulfide) groups is 1. The number of benzene rings is 1. The van der Waals surface area contributed by atoms with E-state index < -0.39 is 0 Å². The Labute approximate surface area is 150 Å². The van der Waals surface area contributed by atoms with E-state index in [4.69, 9.17) is 5.84 Å². The third kappa shape index (κ3) is 4.31. The third-order valence-electron chi connectivity index (χ3n) is 4.37. The summed E-state index contributed by atoms with van der Waals surface area (Å²) >= 11 is 1.26. The molecule has 0 saturated heterocycles. The summed E-state index contributed by atoms with van der Waals surface area (Å²) in [7, 11) is 0. The van der Waals surface area contributed by atoms with Gasteiger partial charge in [-0.15, -0.1) is 10.2 Å². The number of nitrogens with two attached hydrogens (primary N) is 1. The largest absolute Gasteiger partial charge is 0.352 e. The zero-order chi connectivity index (χ0) is 17.8. The molecule has 0 radical (unpaired) electrons. The van der Waals surface area contributed by atoms with Crippen LogP contribution in [-0.2, 0) is 4.79 Å². The second kappa shape index (κ2) is 7.86. The Kier molecular flexibility index (Phi) is 5.57. The van der Waals surface area contributed by atoms with Gasteiger partial charge in [0.15, 0.2) is 5.82 Å². The molecular weight excluding hydrogens is 341 g/mol. The van der Waals surface area contributed by atoms with Crippen LogP contribution in [0.15, 0.2) is 29.4 Å². The molecule has 3 N–H and O–H groups in total. The number of rotatable bonds is 5. The molecular formula is C17H22FN5OS. The maximum absolute atomic E-state index is 13.0. The first-order valence-corrected chi connectivity index (χ1v) is 9.36. The summed E-state index contributed by atoms with van der Waals surface area (Å²) in [4.78, 5) is 12.4. The summed E-state index contributed by atoms with van der Waals surface area (Å²) in [6.07, 6.45) is 5.68. The Hall–Kier alpha value is -2.09. The van der Waals surface area contributed by atoms with Gasteiger partial charge in [-0.05, 0) is 44.0 Å². The summed E-state index contributed by atoms with van der Waals surface area (Å²) in [5.74, 6) is 6.15. The monoisotopic (exact) mass is 363 g/mol. The summed E-state index contributed by atoms with van der Waals surface area (Å²) in [6, 6.07) is 6.15. The zero-order valence-electron chi connectivity index (χ0n) is 14.1. The first kappa shape index (κ1) is 17.7. The Morgan fingerprint density at radius 3 is 2.64 bits per heavy atom. The van der Waals surface area contributed by atoms with Crippen LogP contribution in [0.5, 0.6) is 0 Å². The fraction of sp³-hybridized carbons (Fsp3) is 0.471. The van der Waals surface area contributed by atoms with Gasteiger partial charge in [0.2, 0.25) is 11.1 Å². The summed E-state index contributed by atoms with van der Waals surface area (Å²) in [6.45, 7) is 1.83. The Bertz CT molecular complexity index is 727. The second-order valence-electron chi connectivity index (χ2n) is 6.29. The van der Waals surface area contributed by atoms with Crippen molar-refractivity contribution in [2.45, 2.75) is 55.5 Å². The molecule has 134 valence electrons. The minimum Gasteiger partial charge on any atom is -0.352 e. The van der Waals surface area contributed by atoms with Gasteiger partial charge in [0.05, 0.1) is 5.25 Å². The van der Waals surface area contributed by atoms with Gasteiger partial charge in [-0.3, -0.25) is 4.79 Å². The number of hydrogen-bond acceptors (Lipinski definition) is 5. The number of halogens is 1. The molecule has 25 heavy (non-hydrogen) atoms. The molecule has 1 aromatic heterocycles. The number of amides is 1. The van der Waals surface area contributed by atoms with E-state index in [2.05, 4.69) is 15.5 Å². The van der Waals surface area contributed by atoms with Crippen molar-refractivity contribution in [1.29, 1.82) is 0 Å². The summed E-state index contributed by atoms with van der Waals surface area (Å²) < 4.78 is 14.4. The number of hydrogen-bond donors (Lipinski definition) is 2. The van der Waals surface area contributed by atoms with Gasteiger partial charge >= 0.3 is 0 Å². The molecule has 1 heterocycles. The van der Waals surface area contributed by atoms with E-state index in [0.29, 0.717) is 16.5 Å². The molecule has 1 amide bonds. The Morgan fingerprint density at radius 2 is 1.96 bits per heavy atom. The van der Waals surface area contributed by atoms with Crippen LogP contribution in [0.25, 0.3) is 11.4 Å². The number of nitrogen functional groups attached to an aromatic ring is 1. The standard InChI is InChI=1S/C17H22FN5OS/c1-11(16(24)20-14-5-3-2-4-6-14)25-17-22-21-15(23(17)19)12-7-9-13(18)10-8-12/h7-11,14H,2-6,19H2,1H3,(H,20,24). The SMILES string of the molecule is CC(Sc1nnc(-c2ccc(F)cc2)n1N)C(=O)NC1CCCCC1. The fourth-order valence-electron chi connectivity index (χ4n) is 2.93. The quantitative estimate of drug-likeness (QED) is 0.630. The average molecular weight is 363 g/mol. The molecule has 0 bridgehead atoms. The van der Waals surface area contributed by atoms with Crippen LogP contribution in [0, 0.1) is 5.82 Å². The first-order chi connectivity index (χ1) is 12.0. The smallest absolute Gasteiger partial charge is 0.233 e. The minimum absolute atomic E-state index is 0.0109. The number of carbonyl (C=O) groups excluding carboxylic acids is 1. The van der Waals surface area contributed by atoms with Crippen molar-refractivity contribution in [2.24, 2.45) is 0 Å². The van der Waals surface area contributed by atoms with E-state index in [1.807, 2.05) is 6.92 Å². The zero-order valence-corrected chi connectivity index (χ0v) is 14.9. The molecule has 3 rings (SSSR count). The predicted octanol–water partition coefficient (Wildman–Crippen LogP) is 2.73. The van der Waals surface area contributed by atoms with Crippen LogP contribution < -0.4 is 11.2 Å². The van der Waals surface area contributed by atoms with Gasteiger partial charge in [-0.1, -0.05) is 31.0 Å². The van der Waals surface area contributed by atoms with Crippen LogP contribution in [-0.4, -0.2) is 32.1 Å². The van der Waals surface area contributed by atoms with Crippen LogP contribution in [0.4, 0.5) is 4.39 Å². The predicted molar refractivity (Wildman–Crippen MR) is 95.9 cm³/mol. The van der Waals surface area contributed by atoms with Gasteiger partial charge in [0.1, 0.15) is 5.82 Å². The topological polar surface area (TPSA) is 85.8 Å². The molecule has 1 unspecified atom stereocenters. The van der Waals surface area contributed by atoms with E-state index in [9.17, 15) is 9.18 Å². The Balaban J connectivity index is 1.64. The van der Waals surface area contributed by atoms with E-state index in [-0.39, 0.29) is 23.0 Å². The molecule has 8 heteroatoms.